The van der Waals surface area contributed by atoms with E-state index in [1.807, 2.05) is 0 Å². The highest BCUT2D eigenvalue weighted by Crippen LogP contribution is 2.29. The molecular formula is C10H12N4O4S. The van der Waals surface area contributed by atoms with Crippen molar-refractivity contribution in [3.05, 3.63) is 21.7 Å². The fourth-order valence-electron chi connectivity index (χ4n) is 2.05. The van der Waals surface area contributed by atoms with Crippen LogP contribution in [0.4, 0.5) is 11.6 Å². The zero-order valence-corrected chi connectivity index (χ0v) is 10.7. The van der Waals surface area contributed by atoms with Crippen LogP contribution < -0.4 is 5.32 Å². The molecule has 0 aliphatic carbocycles. The predicted molar refractivity (Wildman–Crippen MR) is 68.6 cm³/mol. The van der Waals surface area contributed by atoms with Crippen LogP contribution in [0.2, 0.25) is 0 Å². The molecule has 1 atom stereocenters. The monoisotopic (exact) mass is 284 g/mol. The van der Waals surface area contributed by atoms with Gasteiger partial charge < -0.3 is 25.3 Å². The maximum Gasteiger partial charge on any atom is 0.372 e. The van der Waals surface area contributed by atoms with E-state index in [0.29, 0.717) is 18.0 Å². The van der Waals surface area contributed by atoms with Crippen molar-refractivity contribution in [1.29, 1.82) is 0 Å². The Labute approximate surface area is 111 Å². The van der Waals surface area contributed by atoms with E-state index in [2.05, 4.69) is 10.3 Å². The summed E-state index contributed by atoms with van der Waals surface area (Å²) in [4.78, 5) is 15.3. The average Bonchev–Trinajstić information content (AvgIpc) is 3.00. The van der Waals surface area contributed by atoms with Crippen molar-refractivity contribution in [1.82, 2.24) is 9.38 Å². The third kappa shape index (κ3) is 2.15. The Kier molecular flexibility index (Phi) is 2.88. The molecule has 3 rings (SSSR count). The van der Waals surface area contributed by atoms with Gasteiger partial charge in [-0.05, 0) is 4.92 Å². The first-order chi connectivity index (χ1) is 9.09. The van der Waals surface area contributed by atoms with Crippen molar-refractivity contribution in [3.8, 4) is 0 Å². The lowest BCUT2D eigenvalue weighted by atomic mass is 10.0. The van der Waals surface area contributed by atoms with Crippen molar-refractivity contribution in [2.45, 2.75) is 12.0 Å². The van der Waals surface area contributed by atoms with E-state index in [0.717, 1.165) is 0 Å². The fraction of sp³-hybridized carbons (Fsp3) is 0.500. The number of nitro groups is 1. The van der Waals surface area contributed by atoms with Gasteiger partial charge in [0.1, 0.15) is 11.8 Å². The molecule has 19 heavy (non-hydrogen) atoms. The molecule has 1 unspecified atom stereocenters. The second kappa shape index (κ2) is 4.44. The van der Waals surface area contributed by atoms with E-state index < -0.39 is 10.5 Å². The number of nitrogens with one attached hydrogen (secondary N) is 1. The molecule has 1 saturated heterocycles. The molecule has 0 aromatic carbocycles. The van der Waals surface area contributed by atoms with Crippen molar-refractivity contribution in [2.24, 2.45) is 0 Å². The molecule has 1 fully saturated rings. The first kappa shape index (κ1) is 12.3. The third-order valence-corrected chi connectivity index (χ3v) is 3.83. The molecule has 102 valence electrons. The minimum Gasteiger partial charge on any atom is -0.386 e. The number of aromatic nitrogens is 2. The lowest BCUT2D eigenvalue weighted by Gasteiger charge is -2.20. The van der Waals surface area contributed by atoms with E-state index in [1.165, 1.54) is 15.7 Å². The molecule has 8 nitrogen and oxygen atoms in total. The van der Waals surface area contributed by atoms with Gasteiger partial charge in [0, 0.05) is 25.0 Å². The fourth-order valence-corrected chi connectivity index (χ4v) is 2.76. The summed E-state index contributed by atoms with van der Waals surface area (Å²) in [5.41, 5.74) is -0.981. The van der Waals surface area contributed by atoms with Crippen LogP contribution in [0.1, 0.15) is 6.42 Å². The van der Waals surface area contributed by atoms with Gasteiger partial charge in [0.2, 0.25) is 5.82 Å². The van der Waals surface area contributed by atoms with E-state index in [-0.39, 0.29) is 24.8 Å². The van der Waals surface area contributed by atoms with Crippen molar-refractivity contribution in [2.75, 3.05) is 25.1 Å². The number of anilines is 1. The normalized spacial score (nSPS) is 23.0. The lowest BCUT2D eigenvalue weighted by molar-refractivity contribution is -0.389. The van der Waals surface area contributed by atoms with Crippen molar-refractivity contribution < 1.29 is 14.8 Å². The van der Waals surface area contributed by atoms with Gasteiger partial charge in [-0.25, -0.2) is 0 Å². The number of ether oxygens (including phenoxy) is 1. The summed E-state index contributed by atoms with van der Waals surface area (Å²) >= 11 is 1.32. The number of hydrogen-bond acceptors (Lipinski definition) is 7. The van der Waals surface area contributed by atoms with Crippen LogP contribution in [0.15, 0.2) is 11.6 Å². The Balaban J connectivity index is 1.85. The molecule has 9 heteroatoms. The summed E-state index contributed by atoms with van der Waals surface area (Å²) in [5, 5.41) is 25.8. The Bertz CT molecular complexity index is 616. The Morgan fingerprint density at radius 1 is 1.74 bits per heavy atom. The topological polar surface area (TPSA) is 102 Å². The van der Waals surface area contributed by atoms with E-state index in [1.54, 1.807) is 11.6 Å². The summed E-state index contributed by atoms with van der Waals surface area (Å²) in [6, 6.07) is 0. The van der Waals surface area contributed by atoms with Gasteiger partial charge in [0.05, 0.1) is 6.61 Å². The van der Waals surface area contributed by atoms with E-state index in [4.69, 9.17) is 4.74 Å². The van der Waals surface area contributed by atoms with E-state index >= 15 is 0 Å². The molecule has 0 radical (unpaired) electrons. The van der Waals surface area contributed by atoms with Gasteiger partial charge in [-0.1, -0.05) is 11.3 Å². The van der Waals surface area contributed by atoms with Crippen LogP contribution in [0.25, 0.3) is 4.96 Å². The van der Waals surface area contributed by atoms with Gasteiger partial charge >= 0.3 is 5.82 Å². The standard InChI is InChI=1S/C10H12N4O4S/c15-10(1-3-18-6-10)5-11-7-8(14(16)17)13-2-4-19-9(13)12-7/h2,4,11,15H,1,3,5-6H2. The van der Waals surface area contributed by atoms with Gasteiger partial charge in [0.15, 0.2) is 0 Å². The molecule has 2 N–H and O–H groups in total. The number of fused-ring (bicyclic) bond motifs is 1. The molecule has 3 heterocycles. The number of hydrogen-bond donors (Lipinski definition) is 2. The van der Waals surface area contributed by atoms with Gasteiger partial charge in [0.25, 0.3) is 4.96 Å². The zero-order valence-electron chi connectivity index (χ0n) is 9.90. The number of rotatable bonds is 4. The minimum atomic E-state index is -0.981. The molecule has 0 bridgehead atoms. The first-order valence-corrected chi connectivity index (χ1v) is 6.61. The first-order valence-electron chi connectivity index (χ1n) is 5.73. The van der Waals surface area contributed by atoms with Gasteiger partial charge in [-0.3, -0.25) is 0 Å². The SMILES string of the molecule is O=[N+]([O-])c1c(NCC2(O)CCOC2)nc2sccn12. The highest BCUT2D eigenvalue weighted by Gasteiger charge is 2.33. The highest BCUT2D eigenvalue weighted by molar-refractivity contribution is 7.15. The zero-order chi connectivity index (χ0) is 13.5. The summed E-state index contributed by atoms with van der Waals surface area (Å²) < 4.78 is 6.54. The Morgan fingerprint density at radius 2 is 2.58 bits per heavy atom. The Hall–Kier alpha value is -1.71. The predicted octanol–water partition coefficient (Wildman–Crippen LogP) is 0.867. The largest absolute Gasteiger partial charge is 0.386 e. The maximum absolute atomic E-state index is 11.1. The van der Waals surface area contributed by atoms with Crippen LogP contribution in [0.5, 0.6) is 0 Å². The number of aliphatic hydroxyl groups is 1. The van der Waals surface area contributed by atoms with Crippen LogP contribution in [0.3, 0.4) is 0 Å². The maximum atomic E-state index is 11.1. The molecule has 0 spiro atoms. The molecular weight excluding hydrogens is 272 g/mol. The van der Waals surface area contributed by atoms with Crippen LogP contribution in [-0.2, 0) is 4.74 Å². The number of nitrogens with zero attached hydrogens (tertiary/aromatic N) is 3. The third-order valence-electron chi connectivity index (χ3n) is 3.08. The molecule has 2 aromatic rings. The highest BCUT2D eigenvalue weighted by atomic mass is 32.1. The summed E-state index contributed by atoms with van der Waals surface area (Å²) in [5.74, 6) is 0.0657. The van der Waals surface area contributed by atoms with E-state index in [9.17, 15) is 15.2 Å². The van der Waals surface area contributed by atoms with Crippen molar-refractivity contribution in [3.63, 3.8) is 0 Å². The van der Waals surface area contributed by atoms with Crippen LogP contribution >= 0.6 is 11.3 Å². The molecule has 2 aromatic heterocycles. The second-order valence-electron chi connectivity index (χ2n) is 4.48. The smallest absolute Gasteiger partial charge is 0.372 e. The summed E-state index contributed by atoms with van der Waals surface area (Å²) in [6.45, 7) is 0.910. The average molecular weight is 284 g/mol. The van der Waals surface area contributed by atoms with Crippen molar-refractivity contribution >= 4 is 27.9 Å². The lowest BCUT2D eigenvalue weighted by Crippen LogP contribution is -2.37. The molecule has 0 saturated carbocycles. The van der Waals surface area contributed by atoms with Gasteiger partial charge in [-0.15, -0.1) is 0 Å². The second-order valence-corrected chi connectivity index (χ2v) is 5.35. The number of thiazole rings is 1. The molecule has 1 aliphatic rings. The molecule has 0 amide bonds. The van der Waals surface area contributed by atoms with Gasteiger partial charge in [-0.2, -0.15) is 9.38 Å². The quantitative estimate of drug-likeness (QED) is 0.638. The Morgan fingerprint density at radius 3 is 3.26 bits per heavy atom. The van der Waals surface area contributed by atoms with Crippen LogP contribution in [0, 0.1) is 10.1 Å². The molecule has 1 aliphatic heterocycles. The minimum absolute atomic E-state index is 0.112. The van der Waals surface area contributed by atoms with Crippen LogP contribution in [-0.4, -0.2) is 44.8 Å². The summed E-state index contributed by atoms with van der Waals surface area (Å²) in [7, 11) is 0. The number of imidazole rings is 1. The summed E-state index contributed by atoms with van der Waals surface area (Å²) in [6.07, 6.45) is 2.11.